The highest BCUT2D eigenvalue weighted by atomic mass is 16.5. The van der Waals surface area contributed by atoms with Gasteiger partial charge in [-0.1, -0.05) is 29.4 Å². The number of nitrogens with one attached hydrogen (secondary N) is 1. The van der Waals surface area contributed by atoms with E-state index in [1.807, 2.05) is 37.3 Å². The maximum absolute atomic E-state index is 12.5. The van der Waals surface area contributed by atoms with Gasteiger partial charge in [0, 0.05) is 23.4 Å². The summed E-state index contributed by atoms with van der Waals surface area (Å²) in [6, 6.07) is 14.8. The number of aromatic hydroxyl groups is 1. The molecule has 0 bridgehead atoms. The molecule has 4 aromatic rings. The van der Waals surface area contributed by atoms with Gasteiger partial charge in [-0.15, -0.1) is 0 Å². The second-order valence-electron chi connectivity index (χ2n) is 6.29. The number of aryl methyl sites for hydroxylation is 1. The minimum atomic E-state index is -0.185. The summed E-state index contributed by atoms with van der Waals surface area (Å²) in [4.78, 5) is 16.5. The molecule has 0 saturated heterocycles. The number of aromatic nitrogens is 2. The van der Waals surface area contributed by atoms with Gasteiger partial charge in [-0.25, -0.2) is 0 Å². The smallest absolute Gasteiger partial charge is 0.251 e. The Balaban J connectivity index is 1.62. The Morgan fingerprint density at radius 3 is 2.81 bits per heavy atom. The summed E-state index contributed by atoms with van der Waals surface area (Å²) >= 11 is 0. The largest absolute Gasteiger partial charge is 0.506 e. The fourth-order valence-corrected chi connectivity index (χ4v) is 3.02. The Morgan fingerprint density at radius 2 is 2.04 bits per heavy atom. The number of hydrogen-bond acceptors (Lipinski definition) is 5. The number of fused-ring (bicyclic) bond motifs is 1. The van der Waals surface area contributed by atoms with E-state index in [1.54, 1.807) is 24.4 Å². The Labute approximate surface area is 155 Å². The monoisotopic (exact) mass is 359 g/mol. The number of benzene rings is 2. The van der Waals surface area contributed by atoms with Gasteiger partial charge in [0.05, 0.1) is 18.4 Å². The normalized spacial score (nSPS) is 10.9. The summed E-state index contributed by atoms with van der Waals surface area (Å²) in [5.41, 5.74) is 3.10. The first kappa shape index (κ1) is 16.8. The lowest BCUT2D eigenvalue weighted by Gasteiger charge is -2.09. The molecule has 0 unspecified atom stereocenters. The third kappa shape index (κ3) is 3.50. The van der Waals surface area contributed by atoms with Crippen LogP contribution in [0.3, 0.4) is 0 Å². The van der Waals surface area contributed by atoms with E-state index in [0.717, 1.165) is 27.6 Å². The van der Waals surface area contributed by atoms with Crippen molar-refractivity contribution >= 4 is 16.7 Å². The van der Waals surface area contributed by atoms with Gasteiger partial charge in [-0.05, 0) is 41.5 Å². The van der Waals surface area contributed by atoms with Crippen molar-refractivity contribution in [2.24, 2.45) is 0 Å². The van der Waals surface area contributed by atoms with Gasteiger partial charge >= 0.3 is 0 Å². The molecule has 0 saturated carbocycles. The van der Waals surface area contributed by atoms with Gasteiger partial charge in [-0.3, -0.25) is 9.78 Å². The highest BCUT2D eigenvalue weighted by Gasteiger charge is 2.10. The molecule has 0 aliphatic heterocycles. The highest BCUT2D eigenvalue weighted by Crippen LogP contribution is 2.30. The SMILES string of the molecule is Cc1cc(CNC(=O)c2ccc3c(-c4cncc(O)c4)cccc3c2)on1. The minimum Gasteiger partial charge on any atom is -0.506 e. The van der Waals surface area contributed by atoms with Crippen molar-refractivity contribution in [1.29, 1.82) is 0 Å². The summed E-state index contributed by atoms with van der Waals surface area (Å²) < 4.78 is 5.10. The first-order chi connectivity index (χ1) is 13.1. The van der Waals surface area contributed by atoms with Crippen molar-refractivity contribution in [3.05, 3.63) is 77.9 Å². The van der Waals surface area contributed by atoms with Crippen LogP contribution in [-0.4, -0.2) is 21.2 Å². The van der Waals surface area contributed by atoms with Gasteiger partial charge in [-0.2, -0.15) is 0 Å². The van der Waals surface area contributed by atoms with E-state index in [9.17, 15) is 9.90 Å². The fraction of sp³-hybridized carbons (Fsp3) is 0.0952. The molecule has 2 aromatic heterocycles. The van der Waals surface area contributed by atoms with Crippen molar-refractivity contribution in [1.82, 2.24) is 15.5 Å². The molecule has 0 atom stereocenters. The number of carbonyl (C=O) groups excluding carboxylic acids is 1. The van der Waals surface area contributed by atoms with Gasteiger partial charge in [0.1, 0.15) is 5.75 Å². The van der Waals surface area contributed by atoms with Crippen molar-refractivity contribution < 1.29 is 14.4 Å². The van der Waals surface area contributed by atoms with E-state index >= 15 is 0 Å². The number of hydrogen-bond donors (Lipinski definition) is 2. The first-order valence-electron chi connectivity index (χ1n) is 8.48. The number of amides is 1. The zero-order chi connectivity index (χ0) is 18.8. The lowest BCUT2D eigenvalue weighted by molar-refractivity contribution is 0.0947. The average molecular weight is 359 g/mol. The molecule has 0 aliphatic carbocycles. The van der Waals surface area contributed by atoms with E-state index in [1.165, 1.54) is 6.20 Å². The van der Waals surface area contributed by atoms with E-state index in [4.69, 9.17) is 4.52 Å². The maximum Gasteiger partial charge on any atom is 0.251 e. The Morgan fingerprint density at radius 1 is 1.15 bits per heavy atom. The van der Waals surface area contributed by atoms with Crippen molar-refractivity contribution in [2.45, 2.75) is 13.5 Å². The molecule has 0 spiro atoms. The van der Waals surface area contributed by atoms with E-state index < -0.39 is 0 Å². The highest BCUT2D eigenvalue weighted by molar-refractivity contribution is 6.02. The Kier molecular flexibility index (Phi) is 4.30. The van der Waals surface area contributed by atoms with Crippen LogP contribution in [-0.2, 0) is 6.54 Å². The Bertz CT molecular complexity index is 1130. The van der Waals surface area contributed by atoms with Crippen LogP contribution in [0.5, 0.6) is 5.75 Å². The zero-order valence-electron chi connectivity index (χ0n) is 14.6. The topological polar surface area (TPSA) is 88.2 Å². The van der Waals surface area contributed by atoms with Gasteiger partial charge in [0.2, 0.25) is 0 Å². The van der Waals surface area contributed by atoms with Crippen LogP contribution < -0.4 is 5.32 Å². The molecule has 134 valence electrons. The molecular formula is C21H17N3O3. The lowest BCUT2D eigenvalue weighted by Crippen LogP contribution is -2.22. The Hall–Kier alpha value is -3.67. The van der Waals surface area contributed by atoms with Crippen LogP contribution in [0.4, 0.5) is 0 Å². The fourth-order valence-electron chi connectivity index (χ4n) is 3.02. The van der Waals surface area contributed by atoms with Gasteiger partial charge in [0.15, 0.2) is 5.76 Å². The molecule has 2 aromatic carbocycles. The van der Waals surface area contributed by atoms with Gasteiger partial charge < -0.3 is 14.9 Å². The molecule has 6 nitrogen and oxygen atoms in total. The van der Waals surface area contributed by atoms with Crippen LogP contribution in [0.15, 0.2) is 65.4 Å². The molecule has 0 aliphatic rings. The quantitative estimate of drug-likeness (QED) is 0.578. The third-order valence-electron chi connectivity index (χ3n) is 4.28. The van der Waals surface area contributed by atoms with E-state index in [0.29, 0.717) is 11.3 Å². The minimum absolute atomic E-state index is 0.114. The summed E-state index contributed by atoms with van der Waals surface area (Å²) in [5, 5.41) is 18.2. The predicted molar refractivity (Wildman–Crippen MR) is 101 cm³/mol. The average Bonchev–Trinajstić information content (AvgIpc) is 3.10. The van der Waals surface area contributed by atoms with E-state index in [2.05, 4.69) is 15.5 Å². The summed E-state index contributed by atoms with van der Waals surface area (Å²) in [5.74, 6) is 0.541. The number of carbonyl (C=O) groups is 1. The van der Waals surface area contributed by atoms with Crippen LogP contribution in [0.2, 0.25) is 0 Å². The molecule has 1 amide bonds. The van der Waals surface area contributed by atoms with Crippen molar-refractivity contribution in [2.75, 3.05) is 0 Å². The number of rotatable bonds is 4. The summed E-state index contributed by atoms with van der Waals surface area (Å²) in [7, 11) is 0. The van der Waals surface area contributed by atoms with Crippen molar-refractivity contribution in [3.63, 3.8) is 0 Å². The summed E-state index contributed by atoms with van der Waals surface area (Å²) in [6.07, 6.45) is 3.10. The molecule has 2 N–H and O–H groups in total. The maximum atomic E-state index is 12.5. The van der Waals surface area contributed by atoms with Crippen LogP contribution in [0.1, 0.15) is 21.8 Å². The molecule has 2 heterocycles. The first-order valence-corrected chi connectivity index (χ1v) is 8.48. The molecule has 27 heavy (non-hydrogen) atoms. The van der Waals surface area contributed by atoms with Gasteiger partial charge in [0.25, 0.3) is 5.91 Å². The predicted octanol–water partition coefficient (Wildman–Crippen LogP) is 3.83. The van der Waals surface area contributed by atoms with E-state index in [-0.39, 0.29) is 18.2 Å². The molecule has 0 radical (unpaired) electrons. The molecule has 4 rings (SSSR count). The molecular weight excluding hydrogens is 342 g/mol. The van der Waals surface area contributed by atoms with Crippen molar-refractivity contribution in [3.8, 4) is 16.9 Å². The standard InChI is InChI=1S/C21H17N3O3/c1-13-7-18(27-24-13)12-23-21(26)15-5-6-20-14(8-15)3-2-4-19(20)16-9-17(25)11-22-10-16/h2-11,25H,12H2,1H3,(H,23,26). The number of pyridine rings is 1. The molecule has 0 fully saturated rings. The molecule has 6 heteroatoms. The second-order valence-corrected chi connectivity index (χ2v) is 6.29. The number of nitrogens with zero attached hydrogens (tertiary/aromatic N) is 2. The lowest BCUT2D eigenvalue weighted by atomic mass is 9.97. The van der Waals surface area contributed by atoms with Crippen LogP contribution >= 0.6 is 0 Å². The second kappa shape index (κ2) is 6.92. The van der Waals surface area contributed by atoms with Crippen LogP contribution in [0, 0.1) is 6.92 Å². The zero-order valence-corrected chi connectivity index (χ0v) is 14.6. The summed E-state index contributed by atoms with van der Waals surface area (Å²) in [6.45, 7) is 2.12. The van der Waals surface area contributed by atoms with Crippen LogP contribution in [0.25, 0.3) is 21.9 Å². The third-order valence-corrected chi connectivity index (χ3v) is 4.28.